The average molecular weight is 320 g/mol. The van der Waals surface area contributed by atoms with E-state index in [-0.39, 0.29) is 5.97 Å². The fourth-order valence-corrected chi connectivity index (χ4v) is 3.26. The van der Waals surface area contributed by atoms with Crippen LogP contribution in [0.15, 0.2) is 24.3 Å². The molecule has 1 N–H and O–H groups in total. The zero-order valence-corrected chi connectivity index (χ0v) is 14.4. The number of esters is 1. The second-order valence-corrected chi connectivity index (χ2v) is 6.78. The molecule has 1 atom stereocenters. The van der Waals surface area contributed by atoms with Crippen molar-refractivity contribution in [3.8, 4) is 0 Å². The minimum atomic E-state index is -0.576. The number of benzene rings is 1. The highest BCUT2D eigenvalue weighted by molar-refractivity contribution is 5.89. The first-order valence-electron chi connectivity index (χ1n) is 8.19. The number of nitrogens with zero attached hydrogens (tertiary/aromatic N) is 2. The lowest BCUT2D eigenvalue weighted by Gasteiger charge is -2.30. The lowest BCUT2D eigenvalue weighted by Crippen LogP contribution is -2.40. The van der Waals surface area contributed by atoms with Gasteiger partial charge in [-0.05, 0) is 57.6 Å². The number of rotatable bonds is 5. The second kappa shape index (κ2) is 7.90. The quantitative estimate of drug-likeness (QED) is 0.838. The van der Waals surface area contributed by atoms with E-state index in [0.717, 1.165) is 38.9 Å². The molecule has 1 heterocycles. The van der Waals surface area contributed by atoms with Gasteiger partial charge in [0.1, 0.15) is 0 Å². The first kappa shape index (κ1) is 17.9. The van der Waals surface area contributed by atoms with Crippen molar-refractivity contribution in [3.05, 3.63) is 35.4 Å². The average Bonchev–Trinajstić information content (AvgIpc) is 2.68. The van der Waals surface area contributed by atoms with Gasteiger partial charge in [0.2, 0.25) is 0 Å². The van der Waals surface area contributed by atoms with Crippen LogP contribution in [0, 0.1) is 0 Å². The van der Waals surface area contributed by atoms with Gasteiger partial charge < -0.3 is 14.7 Å². The molecule has 0 amide bonds. The Morgan fingerprint density at radius 1 is 1.26 bits per heavy atom. The maximum Gasteiger partial charge on any atom is 0.337 e. The monoisotopic (exact) mass is 320 g/mol. The number of likely N-dealkylation sites (tertiary alicyclic amines) is 1. The van der Waals surface area contributed by atoms with Crippen LogP contribution in [0.1, 0.15) is 35.2 Å². The molecule has 128 valence electrons. The molecule has 0 spiro atoms. The molecular weight excluding hydrogens is 292 g/mol. The third-order valence-electron chi connectivity index (χ3n) is 4.40. The van der Waals surface area contributed by atoms with E-state index in [1.807, 2.05) is 26.2 Å². The van der Waals surface area contributed by atoms with Crippen LogP contribution in [0.5, 0.6) is 0 Å². The van der Waals surface area contributed by atoms with E-state index in [1.54, 1.807) is 12.1 Å². The maximum absolute atomic E-state index is 11.5. The van der Waals surface area contributed by atoms with E-state index in [9.17, 15) is 9.90 Å². The predicted molar refractivity (Wildman–Crippen MR) is 90.4 cm³/mol. The Morgan fingerprint density at radius 2 is 1.96 bits per heavy atom. The van der Waals surface area contributed by atoms with Crippen LogP contribution in [-0.2, 0) is 11.3 Å². The number of likely N-dealkylation sites (N-methyl/N-ethyl adjacent to an activating group) is 1. The highest BCUT2D eigenvalue weighted by atomic mass is 16.5. The molecule has 1 aromatic carbocycles. The number of hydrogen-bond acceptors (Lipinski definition) is 5. The highest BCUT2D eigenvalue weighted by Gasteiger charge is 2.30. The Labute approximate surface area is 138 Å². The van der Waals surface area contributed by atoms with E-state index in [4.69, 9.17) is 4.74 Å². The molecule has 1 fully saturated rings. The van der Waals surface area contributed by atoms with Gasteiger partial charge in [0.25, 0.3) is 0 Å². The van der Waals surface area contributed by atoms with Crippen LogP contribution in [0.3, 0.4) is 0 Å². The summed E-state index contributed by atoms with van der Waals surface area (Å²) in [6, 6.07) is 7.56. The molecule has 1 aliphatic heterocycles. The molecule has 0 radical (unpaired) electrons. The van der Waals surface area contributed by atoms with E-state index in [0.29, 0.717) is 12.1 Å². The Bertz CT molecular complexity index is 516. The number of hydrogen-bond donors (Lipinski definition) is 1. The number of ether oxygens (including phenoxy) is 1. The summed E-state index contributed by atoms with van der Waals surface area (Å²) >= 11 is 0. The van der Waals surface area contributed by atoms with Gasteiger partial charge in [0.15, 0.2) is 0 Å². The molecule has 23 heavy (non-hydrogen) atoms. The van der Waals surface area contributed by atoms with Crippen LogP contribution in [-0.4, -0.2) is 67.3 Å². The first-order chi connectivity index (χ1) is 10.9. The number of methoxy groups -OCH3 is 1. The van der Waals surface area contributed by atoms with Crippen molar-refractivity contribution in [1.82, 2.24) is 9.80 Å². The Hall–Kier alpha value is -1.43. The van der Waals surface area contributed by atoms with E-state index in [1.165, 1.54) is 12.7 Å². The van der Waals surface area contributed by atoms with Gasteiger partial charge in [-0.15, -0.1) is 0 Å². The number of carbonyl (C=O) groups excluding carboxylic acids is 1. The SMILES string of the molecule is COC(=O)c1ccc(CN2CCC[C@](O)(CN(C)C)CC2)cc1. The predicted octanol–water partition coefficient (Wildman–Crippen LogP) is 1.75. The Balaban J connectivity index is 1.92. The minimum Gasteiger partial charge on any atom is -0.465 e. The molecule has 1 saturated heterocycles. The van der Waals surface area contributed by atoms with Crippen molar-refractivity contribution in [3.63, 3.8) is 0 Å². The summed E-state index contributed by atoms with van der Waals surface area (Å²) in [5, 5.41) is 10.7. The molecule has 0 unspecified atom stereocenters. The van der Waals surface area contributed by atoms with Crippen LogP contribution >= 0.6 is 0 Å². The van der Waals surface area contributed by atoms with E-state index in [2.05, 4.69) is 9.80 Å². The summed E-state index contributed by atoms with van der Waals surface area (Å²) in [6.07, 6.45) is 2.65. The Kier molecular flexibility index (Phi) is 6.16. The van der Waals surface area contributed by atoms with Crippen molar-refractivity contribution in [2.45, 2.75) is 31.4 Å². The third kappa shape index (κ3) is 5.30. The van der Waals surface area contributed by atoms with Crippen LogP contribution < -0.4 is 0 Å². The molecule has 1 aromatic rings. The van der Waals surface area contributed by atoms with Crippen molar-refractivity contribution in [2.75, 3.05) is 40.8 Å². The van der Waals surface area contributed by atoms with Crippen LogP contribution in [0.2, 0.25) is 0 Å². The lowest BCUT2D eigenvalue weighted by molar-refractivity contribution is 0.00257. The topological polar surface area (TPSA) is 53.0 Å². The van der Waals surface area contributed by atoms with Gasteiger partial charge in [0.05, 0.1) is 18.3 Å². The zero-order chi connectivity index (χ0) is 16.9. The minimum absolute atomic E-state index is 0.305. The summed E-state index contributed by atoms with van der Waals surface area (Å²) in [7, 11) is 5.40. The summed E-state index contributed by atoms with van der Waals surface area (Å²) in [5.41, 5.74) is 1.18. The molecule has 1 aliphatic rings. The summed E-state index contributed by atoms with van der Waals surface area (Å²) in [5.74, 6) is -0.305. The van der Waals surface area contributed by atoms with Crippen molar-refractivity contribution >= 4 is 5.97 Å². The number of carbonyl (C=O) groups is 1. The highest BCUT2D eigenvalue weighted by Crippen LogP contribution is 2.24. The normalized spacial score (nSPS) is 22.8. The number of aliphatic hydroxyl groups is 1. The van der Waals surface area contributed by atoms with Crippen molar-refractivity contribution < 1.29 is 14.6 Å². The fraction of sp³-hybridized carbons (Fsp3) is 0.611. The van der Waals surface area contributed by atoms with Crippen LogP contribution in [0.25, 0.3) is 0 Å². The lowest BCUT2D eigenvalue weighted by atomic mass is 9.94. The molecule has 0 bridgehead atoms. The Morgan fingerprint density at radius 3 is 2.57 bits per heavy atom. The van der Waals surface area contributed by atoms with Gasteiger partial charge in [-0.2, -0.15) is 0 Å². The molecule has 0 aliphatic carbocycles. The van der Waals surface area contributed by atoms with E-state index >= 15 is 0 Å². The van der Waals surface area contributed by atoms with Crippen LogP contribution in [0.4, 0.5) is 0 Å². The maximum atomic E-state index is 11.5. The van der Waals surface area contributed by atoms with Gasteiger partial charge in [-0.3, -0.25) is 4.90 Å². The van der Waals surface area contributed by atoms with Gasteiger partial charge in [-0.25, -0.2) is 4.79 Å². The summed E-state index contributed by atoms with van der Waals surface area (Å²) in [4.78, 5) is 15.9. The largest absolute Gasteiger partial charge is 0.465 e. The third-order valence-corrected chi connectivity index (χ3v) is 4.40. The van der Waals surface area contributed by atoms with E-state index < -0.39 is 5.60 Å². The second-order valence-electron chi connectivity index (χ2n) is 6.78. The first-order valence-corrected chi connectivity index (χ1v) is 8.19. The van der Waals surface area contributed by atoms with Gasteiger partial charge in [0, 0.05) is 19.6 Å². The molecule has 0 aromatic heterocycles. The summed E-state index contributed by atoms with van der Waals surface area (Å²) < 4.78 is 4.72. The van der Waals surface area contributed by atoms with Crippen molar-refractivity contribution in [2.24, 2.45) is 0 Å². The molecule has 2 rings (SSSR count). The standard InChI is InChI=1S/C18H28N2O3/c1-19(2)14-18(22)9-4-11-20(12-10-18)13-15-5-7-16(8-6-15)17(21)23-3/h5-8,22H,4,9-14H2,1-3H3/t18-/m1/s1. The van der Waals surface area contributed by atoms with Gasteiger partial charge >= 0.3 is 5.97 Å². The molecule has 5 nitrogen and oxygen atoms in total. The van der Waals surface area contributed by atoms with Crippen molar-refractivity contribution in [1.29, 1.82) is 0 Å². The molecular formula is C18H28N2O3. The molecule has 0 saturated carbocycles. The molecule has 5 heteroatoms. The smallest absolute Gasteiger partial charge is 0.337 e. The summed E-state index contributed by atoms with van der Waals surface area (Å²) in [6.45, 7) is 3.45. The fourth-order valence-electron chi connectivity index (χ4n) is 3.26. The zero-order valence-electron chi connectivity index (χ0n) is 14.4. The van der Waals surface area contributed by atoms with Gasteiger partial charge in [-0.1, -0.05) is 12.1 Å².